The van der Waals surface area contributed by atoms with Crippen molar-refractivity contribution in [2.45, 2.75) is 17.8 Å². The maximum Gasteiger partial charge on any atom is 0.231 e. The first-order valence-corrected chi connectivity index (χ1v) is 8.97. The fraction of sp³-hybridized carbons (Fsp3) is 0.400. The van der Waals surface area contributed by atoms with Crippen LogP contribution in [-0.4, -0.2) is 37.5 Å². The van der Waals surface area contributed by atoms with Gasteiger partial charge in [0.1, 0.15) is 11.7 Å². The minimum Gasteiger partial charge on any atom is -0.454 e. The number of rotatable bonds is 2. The summed E-state index contributed by atoms with van der Waals surface area (Å²) < 4.78 is 33.7. The topological polar surface area (TPSA) is 75.6 Å². The van der Waals surface area contributed by atoms with E-state index in [-0.39, 0.29) is 32.2 Å². The zero-order chi connectivity index (χ0) is 18.0. The molecule has 0 amide bonds. The minimum absolute atomic E-state index is 0.173. The summed E-state index contributed by atoms with van der Waals surface area (Å²) >= 11 is 0. The van der Waals surface area contributed by atoms with Gasteiger partial charge in [-0.05, 0) is 35.4 Å². The first kappa shape index (κ1) is 15.6. The molecule has 4 atom stereocenters. The van der Waals surface area contributed by atoms with Gasteiger partial charge in [0.25, 0.3) is 0 Å². The SMILES string of the molecule is O[C@@]12CO[C@@H](c3ccc4c(c3)OCO4)[C@@H]1CO[C@H]2c1ccc2c(c1)OCO2. The maximum absolute atomic E-state index is 11.4. The van der Waals surface area contributed by atoms with Gasteiger partial charge in [-0.25, -0.2) is 0 Å². The van der Waals surface area contributed by atoms with Crippen molar-refractivity contribution in [3.05, 3.63) is 47.5 Å². The van der Waals surface area contributed by atoms with Crippen LogP contribution in [0.2, 0.25) is 0 Å². The van der Waals surface area contributed by atoms with Crippen molar-refractivity contribution in [3.8, 4) is 23.0 Å². The number of fused-ring (bicyclic) bond motifs is 3. The molecule has 6 rings (SSSR count). The lowest BCUT2D eigenvalue weighted by Gasteiger charge is -2.27. The fourth-order valence-electron chi connectivity index (χ4n) is 4.43. The normalized spacial score (nSPS) is 32.7. The Hall–Kier alpha value is -2.48. The van der Waals surface area contributed by atoms with Crippen LogP contribution in [0.3, 0.4) is 0 Å². The molecule has 7 nitrogen and oxygen atoms in total. The third kappa shape index (κ3) is 2.19. The van der Waals surface area contributed by atoms with Crippen LogP contribution in [0.15, 0.2) is 36.4 Å². The first-order chi connectivity index (χ1) is 13.2. The maximum atomic E-state index is 11.4. The summed E-state index contributed by atoms with van der Waals surface area (Å²) in [4.78, 5) is 0. The molecule has 27 heavy (non-hydrogen) atoms. The van der Waals surface area contributed by atoms with Gasteiger partial charge in [-0.15, -0.1) is 0 Å². The van der Waals surface area contributed by atoms with E-state index in [1.165, 1.54) is 0 Å². The molecule has 4 heterocycles. The minimum atomic E-state index is -1.10. The number of hydrogen-bond acceptors (Lipinski definition) is 7. The van der Waals surface area contributed by atoms with Gasteiger partial charge in [-0.2, -0.15) is 0 Å². The summed E-state index contributed by atoms with van der Waals surface area (Å²) in [5.41, 5.74) is 0.712. The van der Waals surface area contributed by atoms with E-state index in [1.807, 2.05) is 36.4 Å². The van der Waals surface area contributed by atoms with Gasteiger partial charge in [0.2, 0.25) is 13.6 Å². The van der Waals surface area contributed by atoms with Crippen molar-refractivity contribution < 1.29 is 33.5 Å². The van der Waals surface area contributed by atoms with E-state index in [4.69, 9.17) is 28.4 Å². The standard InChI is InChI=1S/C20H18O7/c21-20-8-23-18(11-1-3-14-16(5-11)26-9-24-14)13(20)7-22-19(20)12-2-4-15-17(6-12)27-10-25-15/h1-6,13,18-19,21H,7-10H2/t13-,18-,19-,20-/m0/s1. The number of ether oxygens (including phenoxy) is 6. The van der Waals surface area contributed by atoms with Gasteiger partial charge in [0.05, 0.1) is 19.3 Å². The highest BCUT2D eigenvalue weighted by molar-refractivity contribution is 5.47. The Morgan fingerprint density at radius 1 is 0.778 bits per heavy atom. The van der Waals surface area contributed by atoms with Gasteiger partial charge in [0.15, 0.2) is 23.0 Å². The van der Waals surface area contributed by atoms with Crippen molar-refractivity contribution in [1.82, 2.24) is 0 Å². The highest BCUT2D eigenvalue weighted by Crippen LogP contribution is 2.54. The lowest BCUT2D eigenvalue weighted by atomic mass is 9.81. The molecule has 7 heteroatoms. The monoisotopic (exact) mass is 370 g/mol. The first-order valence-electron chi connectivity index (χ1n) is 8.97. The zero-order valence-corrected chi connectivity index (χ0v) is 14.4. The van der Waals surface area contributed by atoms with E-state index in [0.717, 1.165) is 16.9 Å². The second-order valence-corrected chi connectivity index (χ2v) is 7.27. The number of hydrogen-bond donors (Lipinski definition) is 1. The average Bonchev–Trinajstić information content (AvgIpc) is 3.43. The molecule has 0 aliphatic carbocycles. The predicted octanol–water partition coefficient (Wildman–Crippen LogP) is 2.33. The second-order valence-electron chi connectivity index (χ2n) is 7.27. The summed E-state index contributed by atoms with van der Waals surface area (Å²) in [7, 11) is 0. The van der Waals surface area contributed by atoms with Crippen LogP contribution in [0.5, 0.6) is 23.0 Å². The molecule has 0 radical (unpaired) electrons. The Morgan fingerprint density at radius 2 is 1.41 bits per heavy atom. The van der Waals surface area contributed by atoms with Crippen molar-refractivity contribution in [2.75, 3.05) is 26.8 Å². The molecule has 2 saturated heterocycles. The second kappa shape index (κ2) is 5.51. The lowest BCUT2D eigenvalue weighted by Crippen LogP contribution is -2.39. The van der Waals surface area contributed by atoms with Crippen LogP contribution >= 0.6 is 0 Å². The fourth-order valence-corrected chi connectivity index (χ4v) is 4.43. The molecule has 4 aliphatic heterocycles. The van der Waals surface area contributed by atoms with Crippen molar-refractivity contribution in [3.63, 3.8) is 0 Å². The number of benzene rings is 2. The van der Waals surface area contributed by atoms with Gasteiger partial charge in [0, 0.05) is 5.92 Å². The molecule has 140 valence electrons. The van der Waals surface area contributed by atoms with Crippen molar-refractivity contribution in [1.29, 1.82) is 0 Å². The molecular formula is C20H18O7. The summed E-state index contributed by atoms with van der Waals surface area (Å²) in [6.07, 6.45) is -0.737. The zero-order valence-electron chi connectivity index (χ0n) is 14.4. The highest BCUT2D eigenvalue weighted by Gasteiger charge is 2.59. The highest BCUT2D eigenvalue weighted by atomic mass is 16.7. The molecule has 2 aromatic carbocycles. The predicted molar refractivity (Wildman–Crippen MR) is 91.0 cm³/mol. The van der Waals surface area contributed by atoms with E-state index >= 15 is 0 Å². The molecule has 0 saturated carbocycles. The molecule has 2 fully saturated rings. The van der Waals surface area contributed by atoms with Crippen molar-refractivity contribution in [2.24, 2.45) is 5.92 Å². The van der Waals surface area contributed by atoms with Crippen LogP contribution in [0.1, 0.15) is 23.3 Å². The third-order valence-electron chi connectivity index (χ3n) is 5.82. The Bertz CT molecular complexity index is 913. The Morgan fingerprint density at radius 3 is 2.15 bits per heavy atom. The third-order valence-corrected chi connectivity index (χ3v) is 5.82. The molecule has 0 unspecified atom stereocenters. The molecule has 4 aliphatic rings. The van der Waals surface area contributed by atoms with Crippen LogP contribution in [0, 0.1) is 5.92 Å². The van der Waals surface area contributed by atoms with E-state index in [2.05, 4.69) is 0 Å². The van der Waals surface area contributed by atoms with Crippen LogP contribution in [0.4, 0.5) is 0 Å². The molecule has 0 aromatic heterocycles. The summed E-state index contributed by atoms with van der Waals surface area (Å²) in [5, 5.41) is 11.4. The molecule has 0 bridgehead atoms. The van der Waals surface area contributed by atoms with Gasteiger partial charge < -0.3 is 33.5 Å². The summed E-state index contributed by atoms with van der Waals surface area (Å²) in [5.74, 6) is 2.65. The van der Waals surface area contributed by atoms with Crippen LogP contribution < -0.4 is 18.9 Å². The van der Waals surface area contributed by atoms with E-state index in [9.17, 15) is 5.11 Å². The average molecular weight is 370 g/mol. The number of aliphatic hydroxyl groups is 1. The summed E-state index contributed by atoms with van der Waals surface area (Å²) in [6, 6.07) is 11.4. The Kier molecular flexibility index (Phi) is 3.18. The Labute approximate surface area is 155 Å². The molecule has 2 aromatic rings. The largest absolute Gasteiger partial charge is 0.454 e. The molecule has 1 N–H and O–H groups in total. The Balaban J connectivity index is 1.31. The van der Waals surface area contributed by atoms with E-state index in [1.54, 1.807) is 0 Å². The van der Waals surface area contributed by atoms with Crippen LogP contribution in [0.25, 0.3) is 0 Å². The molecular weight excluding hydrogens is 352 g/mol. The van der Waals surface area contributed by atoms with E-state index < -0.39 is 11.7 Å². The van der Waals surface area contributed by atoms with Gasteiger partial charge in [-0.1, -0.05) is 12.1 Å². The smallest absolute Gasteiger partial charge is 0.231 e. The van der Waals surface area contributed by atoms with Crippen LogP contribution in [-0.2, 0) is 9.47 Å². The van der Waals surface area contributed by atoms with E-state index in [0.29, 0.717) is 23.9 Å². The summed E-state index contributed by atoms with van der Waals surface area (Å²) in [6.45, 7) is 1.06. The van der Waals surface area contributed by atoms with Gasteiger partial charge >= 0.3 is 0 Å². The quantitative estimate of drug-likeness (QED) is 0.870. The van der Waals surface area contributed by atoms with Gasteiger partial charge in [-0.3, -0.25) is 0 Å². The van der Waals surface area contributed by atoms with Crippen molar-refractivity contribution >= 4 is 0 Å². The molecule has 0 spiro atoms. The lowest BCUT2D eigenvalue weighted by molar-refractivity contribution is -0.0628.